The maximum Gasteiger partial charge on any atom is 0.144 e. The summed E-state index contributed by atoms with van der Waals surface area (Å²) in [5.74, 6) is 2.67. The molecule has 1 heterocycles. The molecule has 2 bridgehead atoms. The SMILES string of the molecule is Fc1cc2c(cc1Cl)nc(CCCl)n2C1CC2CCC1C2. The Morgan fingerprint density at radius 1 is 1.29 bits per heavy atom. The van der Waals surface area contributed by atoms with E-state index in [1.54, 1.807) is 6.07 Å². The van der Waals surface area contributed by atoms with Crippen LogP contribution in [0, 0.1) is 17.7 Å². The second-order valence-electron chi connectivity index (χ2n) is 6.33. The number of alkyl halides is 1. The number of halogens is 3. The van der Waals surface area contributed by atoms with E-state index < -0.39 is 0 Å². The molecule has 2 fully saturated rings. The molecule has 1 aromatic carbocycles. The minimum atomic E-state index is -0.370. The second-order valence-corrected chi connectivity index (χ2v) is 7.12. The molecule has 0 spiro atoms. The van der Waals surface area contributed by atoms with E-state index in [0.29, 0.717) is 24.3 Å². The highest BCUT2D eigenvalue weighted by Crippen LogP contribution is 2.51. The van der Waals surface area contributed by atoms with Crippen molar-refractivity contribution in [3.05, 3.63) is 28.8 Å². The molecule has 2 aliphatic carbocycles. The lowest BCUT2D eigenvalue weighted by Gasteiger charge is -2.25. The Bertz CT molecular complexity index is 697. The molecule has 3 unspecified atom stereocenters. The summed E-state index contributed by atoms with van der Waals surface area (Å²) in [6, 6.07) is 3.62. The number of hydrogen-bond acceptors (Lipinski definition) is 1. The first-order chi connectivity index (χ1) is 10.2. The summed E-state index contributed by atoms with van der Waals surface area (Å²) in [5, 5.41) is 0.137. The van der Waals surface area contributed by atoms with E-state index in [-0.39, 0.29) is 10.8 Å². The Hall–Kier alpha value is -0.800. The molecule has 0 aliphatic heterocycles. The van der Waals surface area contributed by atoms with Gasteiger partial charge in [-0.1, -0.05) is 18.0 Å². The standard InChI is InChI=1S/C16H17Cl2FN2/c17-4-3-16-20-13-7-11(18)12(19)8-15(13)21(16)14-6-9-1-2-10(14)5-9/h7-10,14H,1-6H2. The van der Waals surface area contributed by atoms with E-state index in [1.165, 1.54) is 31.7 Å². The molecule has 5 heteroatoms. The zero-order valence-electron chi connectivity index (χ0n) is 11.7. The Morgan fingerprint density at radius 2 is 2.14 bits per heavy atom. The van der Waals surface area contributed by atoms with Crippen LogP contribution in [0.5, 0.6) is 0 Å². The number of aryl methyl sites for hydroxylation is 1. The van der Waals surface area contributed by atoms with Crippen molar-refractivity contribution in [1.29, 1.82) is 0 Å². The van der Waals surface area contributed by atoms with Gasteiger partial charge in [-0.25, -0.2) is 9.37 Å². The van der Waals surface area contributed by atoms with Gasteiger partial charge in [-0.3, -0.25) is 0 Å². The van der Waals surface area contributed by atoms with Crippen LogP contribution in [0.3, 0.4) is 0 Å². The highest BCUT2D eigenvalue weighted by atomic mass is 35.5. The molecule has 2 saturated carbocycles. The monoisotopic (exact) mass is 326 g/mol. The number of imidazole rings is 1. The lowest BCUT2D eigenvalue weighted by molar-refractivity contribution is 0.329. The van der Waals surface area contributed by atoms with E-state index in [0.717, 1.165) is 22.8 Å². The topological polar surface area (TPSA) is 17.8 Å². The Labute approximate surface area is 133 Å². The van der Waals surface area contributed by atoms with Gasteiger partial charge in [0.05, 0.1) is 16.1 Å². The molecule has 21 heavy (non-hydrogen) atoms. The van der Waals surface area contributed by atoms with Crippen molar-refractivity contribution in [3.8, 4) is 0 Å². The zero-order chi connectivity index (χ0) is 14.6. The molecule has 0 N–H and O–H groups in total. The van der Waals surface area contributed by atoms with Crippen molar-refractivity contribution in [1.82, 2.24) is 9.55 Å². The van der Waals surface area contributed by atoms with Gasteiger partial charge in [-0.15, -0.1) is 11.6 Å². The predicted octanol–water partition coefficient (Wildman–Crippen LogP) is 4.97. The average molecular weight is 327 g/mol. The lowest BCUT2D eigenvalue weighted by atomic mass is 9.95. The summed E-state index contributed by atoms with van der Waals surface area (Å²) in [7, 11) is 0. The third-order valence-corrected chi connectivity index (χ3v) is 5.63. The van der Waals surface area contributed by atoms with Crippen molar-refractivity contribution in [3.63, 3.8) is 0 Å². The molecular formula is C16H17Cl2FN2. The first kappa shape index (κ1) is 13.8. The van der Waals surface area contributed by atoms with Crippen molar-refractivity contribution >= 4 is 34.2 Å². The summed E-state index contributed by atoms with van der Waals surface area (Å²) in [4.78, 5) is 4.66. The minimum Gasteiger partial charge on any atom is -0.324 e. The van der Waals surface area contributed by atoms with Crippen LogP contribution in [0.15, 0.2) is 12.1 Å². The Morgan fingerprint density at radius 3 is 2.81 bits per heavy atom. The van der Waals surface area contributed by atoms with Gasteiger partial charge in [0.25, 0.3) is 0 Å². The highest BCUT2D eigenvalue weighted by molar-refractivity contribution is 6.31. The normalized spacial score (nSPS) is 27.9. The number of aromatic nitrogens is 2. The quantitative estimate of drug-likeness (QED) is 0.728. The van der Waals surface area contributed by atoms with Crippen molar-refractivity contribution in [2.24, 2.45) is 11.8 Å². The van der Waals surface area contributed by atoms with E-state index in [9.17, 15) is 4.39 Å². The molecule has 4 rings (SSSR count). The lowest BCUT2D eigenvalue weighted by Crippen LogP contribution is -2.18. The summed E-state index contributed by atoms with van der Waals surface area (Å²) >= 11 is 11.8. The van der Waals surface area contributed by atoms with Crippen LogP contribution in [0.4, 0.5) is 4.39 Å². The van der Waals surface area contributed by atoms with Crippen LogP contribution >= 0.6 is 23.2 Å². The molecule has 3 atom stereocenters. The highest BCUT2D eigenvalue weighted by Gasteiger charge is 2.41. The van der Waals surface area contributed by atoms with Gasteiger partial charge < -0.3 is 4.57 Å². The Kier molecular flexibility index (Phi) is 3.38. The van der Waals surface area contributed by atoms with Crippen LogP contribution in [0.25, 0.3) is 11.0 Å². The van der Waals surface area contributed by atoms with Gasteiger partial charge in [0, 0.05) is 24.4 Å². The molecule has 112 valence electrons. The second kappa shape index (κ2) is 5.13. The van der Waals surface area contributed by atoms with Gasteiger partial charge in [-0.2, -0.15) is 0 Å². The van der Waals surface area contributed by atoms with E-state index in [4.69, 9.17) is 23.2 Å². The summed E-state index contributed by atoms with van der Waals surface area (Å²) < 4.78 is 16.2. The predicted molar refractivity (Wildman–Crippen MR) is 83.6 cm³/mol. The van der Waals surface area contributed by atoms with Crippen molar-refractivity contribution in [2.75, 3.05) is 5.88 Å². The number of hydrogen-bond donors (Lipinski definition) is 0. The maximum atomic E-state index is 13.9. The summed E-state index contributed by atoms with van der Waals surface area (Å²) in [6.45, 7) is 0. The Balaban J connectivity index is 1.88. The van der Waals surface area contributed by atoms with Crippen LogP contribution in [-0.4, -0.2) is 15.4 Å². The first-order valence-electron chi connectivity index (χ1n) is 7.59. The van der Waals surface area contributed by atoms with E-state index in [2.05, 4.69) is 9.55 Å². The zero-order valence-corrected chi connectivity index (χ0v) is 13.2. The minimum absolute atomic E-state index is 0.137. The third-order valence-electron chi connectivity index (χ3n) is 5.16. The van der Waals surface area contributed by atoms with Gasteiger partial charge in [0.1, 0.15) is 11.6 Å². The third kappa shape index (κ3) is 2.17. The van der Waals surface area contributed by atoms with E-state index in [1.807, 2.05) is 0 Å². The molecule has 2 aromatic rings. The summed E-state index contributed by atoms with van der Waals surface area (Å²) in [5.41, 5.74) is 1.65. The average Bonchev–Trinajstić information content (AvgIpc) is 3.13. The van der Waals surface area contributed by atoms with Crippen molar-refractivity contribution in [2.45, 2.75) is 38.1 Å². The molecule has 0 radical (unpaired) electrons. The fourth-order valence-electron chi connectivity index (χ4n) is 4.30. The van der Waals surface area contributed by atoms with Gasteiger partial charge in [0.2, 0.25) is 0 Å². The van der Waals surface area contributed by atoms with Crippen LogP contribution < -0.4 is 0 Å². The van der Waals surface area contributed by atoms with Crippen LogP contribution in [0.1, 0.15) is 37.5 Å². The first-order valence-corrected chi connectivity index (χ1v) is 8.50. The number of rotatable bonds is 3. The molecule has 2 nitrogen and oxygen atoms in total. The maximum absolute atomic E-state index is 13.9. The van der Waals surface area contributed by atoms with Gasteiger partial charge >= 0.3 is 0 Å². The number of fused-ring (bicyclic) bond motifs is 3. The van der Waals surface area contributed by atoms with E-state index >= 15 is 0 Å². The van der Waals surface area contributed by atoms with Gasteiger partial charge in [0.15, 0.2) is 0 Å². The largest absolute Gasteiger partial charge is 0.324 e. The van der Waals surface area contributed by atoms with Crippen LogP contribution in [-0.2, 0) is 6.42 Å². The summed E-state index contributed by atoms with van der Waals surface area (Å²) in [6.07, 6.45) is 5.84. The fourth-order valence-corrected chi connectivity index (χ4v) is 4.63. The molecule has 2 aliphatic rings. The number of benzene rings is 1. The molecule has 0 amide bonds. The molecule has 1 aromatic heterocycles. The number of nitrogens with zero attached hydrogens (tertiary/aromatic N) is 2. The molecule has 0 saturated heterocycles. The van der Waals surface area contributed by atoms with Crippen LogP contribution in [0.2, 0.25) is 5.02 Å². The smallest absolute Gasteiger partial charge is 0.144 e. The van der Waals surface area contributed by atoms with Crippen molar-refractivity contribution < 1.29 is 4.39 Å². The fraction of sp³-hybridized carbons (Fsp3) is 0.562. The molecular weight excluding hydrogens is 310 g/mol. The van der Waals surface area contributed by atoms with Gasteiger partial charge in [-0.05, 0) is 37.2 Å².